The molecule has 0 aromatic carbocycles. The molecule has 0 saturated carbocycles. The predicted octanol–water partition coefficient (Wildman–Crippen LogP) is 0.493. The van der Waals surface area contributed by atoms with Crippen LogP contribution in [0.5, 0.6) is 0 Å². The first kappa shape index (κ1) is 11.2. The Labute approximate surface area is 105 Å². The lowest BCUT2D eigenvalue weighted by molar-refractivity contribution is 0.482. The van der Waals surface area contributed by atoms with Crippen molar-refractivity contribution in [3.05, 3.63) is 40.8 Å². The summed E-state index contributed by atoms with van der Waals surface area (Å²) in [6.07, 6.45) is 1.74. The van der Waals surface area contributed by atoms with Gasteiger partial charge in [0.2, 0.25) is 0 Å². The Morgan fingerprint density at radius 2 is 2.33 bits per heavy atom. The van der Waals surface area contributed by atoms with E-state index in [0.717, 1.165) is 25.5 Å². The Morgan fingerprint density at radius 3 is 3.17 bits per heavy atom. The zero-order chi connectivity index (χ0) is 12.5. The summed E-state index contributed by atoms with van der Waals surface area (Å²) >= 11 is 0. The first-order chi connectivity index (χ1) is 8.74. The van der Waals surface area contributed by atoms with Crippen LogP contribution in [-0.2, 0) is 0 Å². The number of fused-ring (bicyclic) bond motifs is 1. The number of piperazine rings is 1. The fourth-order valence-corrected chi connectivity index (χ4v) is 2.34. The maximum Gasteiger partial charge on any atom is 0.259 e. The Morgan fingerprint density at radius 1 is 1.44 bits per heavy atom. The molecule has 0 spiro atoms. The van der Waals surface area contributed by atoms with Crippen molar-refractivity contribution in [2.45, 2.75) is 13.0 Å². The van der Waals surface area contributed by atoms with E-state index in [1.807, 2.05) is 18.2 Å². The molecule has 18 heavy (non-hydrogen) atoms. The van der Waals surface area contributed by atoms with Crippen LogP contribution in [0.4, 0.5) is 5.82 Å². The van der Waals surface area contributed by atoms with Gasteiger partial charge < -0.3 is 10.2 Å². The molecule has 1 saturated heterocycles. The van der Waals surface area contributed by atoms with Gasteiger partial charge in [-0.3, -0.25) is 9.20 Å². The van der Waals surface area contributed by atoms with Crippen molar-refractivity contribution in [3.8, 4) is 0 Å². The van der Waals surface area contributed by atoms with Gasteiger partial charge in [0.1, 0.15) is 11.5 Å². The molecule has 1 fully saturated rings. The molecular formula is C13H16N4O. The van der Waals surface area contributed by atoms with Gasteiger partial charge in [-0.15, -0.1) is 0 Å². The fraction of sp³-hybridized carbons (Fsp3) is 0.385. The topological polar surface area (TPSA) is 49.6 Å². The minimum atomic E-state index is -0.0261. The lowest BCUT2D eigenvalue weighted by Crippen LogP contribution is -2.49. The van der Waals surface area contributed by atoms with Crippen molar-refractivity contribution in [3.63, 3.8) is 0 Å². The Bertz CT molecular complexity index is 622. The van der Waals surface area contributed by atoms with Crippen LogP contribution in [-0.4, -0.2) is 35.1 Å². The molecule has 0 bridgehead atoms. The van der Waals surface area contributed by atoms with E-state index in [-0.39, 0.29) is 5.56 Å². The van der Waals surface area contributed by atoms with Gasteiger partial charge in [-0.25, -0.2) is 4.98 Å². The summed E-state index contributed by atoms with van der Waals surface area (Å²) in [5, 5.41) is 3.38. The molecule has 1 atom stereocenters. The molecule has 5 nitrogen and oxygen atoms in total. The molecule has 5 heteroatoms. The van der Waals surface area contributed by atoms with Crippen molar-refractivity contribution >= 4 is 11.5 Å². The highest BCUT2D eigenvalue weighted by Gasteiger charge is 2.17. The highest BCUT2D eigenvalue weighted by molar-refractivity contribution is 5.48. The van der Waals surface area contributed by atoms with Crippen molar-refractivity contribution < 1.29 is 0 Å². The first-order valence-electron chi connectivity index (χ1n) is 6.21. The zero-order valence-corrected chi connectivity index (χ0v) is 10.3. The molecule has 3 rings (SSSR count). The summed E-state index contributed by atoms with van der Waals surface area (Å²) in [6.45, 7) is 4.84. The quantitative estimate of drug-likeness (QED) is 0.793. The van der Waals surface area contributed by atoms with Crippen LogP contribution in [0.15, 0.2) is 35.3 Å². The lowest BCUT2D eigenvalue weighted by Gasteiger charge is -2.32. The maximum absolute atomic E-state index is 12.0. The number of pyridine rings is 1. The average molecular weight is 244 g/mol. The number of rotatable bonds is 1. The summed E-state index contributed by atoms with van der Waals surface area (Å²) in [6, 6.07) is 7.63. The summed E-state index contributed by atoms with van der Waals surface area (Å²) < 4.78 is 1.56. The van der Waals surface area contributed by atoms with E-state index in [1.165, 1.54) is 0 Å². The second-order valence-electron chi connectivity index (χ2n) is 4.68. The number of hydrogen-bond donors (Lipinski definition) is 1. The minimum absolute atomic E-state index is 0.0261. The van der Waals surface area contributed by atoms with E-state index in [4.69, 9.17) is 0 Å². The minimum Gasteiger partial charge on any atom is -0.354 e. The SMILES string of the molecule is C[C@H]1CN(c2cc(=O)n3ccccc3n2)CCN1. The summed E-state index contributed by atoms with van der Waals surface area (Å²) in [5.41, 5.74) is 0.674. The van der Waals surface area contributed by atoms with E-state index in [9.17, 15) is 4.79 Å². The van der Waals surface area contributed by atoms with Crippen molar-refractivity contribution in [2.75, 3.05) is 24.5 Å². The van der Waals surface area contributed by atoms with E-state index >= 15 is 0 Å². The third-order valence-electron chi connectivity index (χ3n) is 3.25. The Hall–Kier alpha value is -1.88. The van der Waals surface area contributed by atoms with Crippen LogP contribution in [0, 0.1) is 0 Å². The van der Waals surface area contributed by atoms with Crippen molar-refractivity contribution in [1.29, 1.82) is 0 Å². The van der Waals surface area contributed by atoms with Gasteiger partial charge in [-0.05, 0) is 19.1 Å². The third-order valence-corrected chi connectivity index (χ3v) is 3.25. The molecule has 0 aliphatic carbocycles. The van der Waals surface area contributed by atoms with E-state index in [0.29, 0.717) is 11.7 Å². The number of nitrogens with zero attached hydrogens (tertiary/aromatic N) is 3. The van der Waals surface area contributed by atoms with Crippen molar-refractivity contribution in [2.24, 2.45) is 0 Å². The van der Waals surface area contributed by atoms with Gasteiger partial charge in [0, 0.05) is 37.9 Å². The largest absolute Gasteiger partial charge is 0.354 e. The van der Waals surface area contributed by atoms with Crippen LogP contribution in [0.3, 0.4) is 0 Å². The molecule has 2 aromatic rings. The molecule has 1 aliphatic heterocycles. The Kier molecular flexibility index (Phi) is 2.76. The summed E-state index contributed by atoms with van der Waals surface area (Å²) in [5.74, 6) is 0.777. The van der Waals surface area contributed by atoms with Crippen LogP contribution >= 0.6 is 0 Å². The number of hydrogen-bond acceptors (Lipinski definition) is 4. The molecule has 0 amide bonds. The van der Waals surface area contributed by atoms with Crippen LogP contribution in [0.25, 0.3) is 5.65 Å². The van der Waals surface area contributed by atoms with Gasteiger partial charge in [-0.2, -0.15) is 0 Å². The second kappa shape index (κ2) is 4.42. The van der Waals surface area contributed by atoms with E-state index in [2.05, 4.69) is 22.1 Å². The number of aromatic nitrogens is 2. The lowest BCUT2D eigenvalue weighted by atomic mass is 10.2. The zero-order valence-electron chi connectivity index (χ0n) is 10.3. The number of nitrogens with one attached hydrogen (secondary N) is 1. The third kappa shape index (κ3) is 1.97. The normalized spacial score (nSPS) is 20.3. The van der Waals surface area contributed by atoms with Gasteiger partial charge in [0.25, 0.3) is 5.56 Å². The Balaban J connectivity index is 2.04. The van der Waals surface area contributed by atoms with Gasteiger partial charge in [-0.1, -0.05) is 6.07 Å². The monoisotopic (exact) mass is 244 g/mol. The fourth-order valence-electron chi connectivity index (χ4n) is 2.34. The highest BCUT2D eigenvalue weighted by atomic mass is 16.1. The highest BCUT2D eigenvalue weighted by Crippen LogP contribution is 2.12. The van der Waals surface area contributed by atoms with Crippen LogP contribution in [0.1, 0.15) is 6.92 Å². The van der Waals surface area contributed by atoms with Gasteiger partial charge in [0.05, 0.1) is 0 Å². The van der Waals surface area contributed by atoms with Crippen LogP contribution in [0.2, 0.25) is 0 Å². The maximum atomic E-state index is 12.0. The van der Waals surface area contributed by atoms with Gasteiger partial charge in [0.15, 0.2) is 0 Å². The average Bonchev–Trinajstić information content (AvgIpc) is 2.39. The molecule has 0 radical (unpaired) electrons. The molecule has 1 N–H and O–H groups in total. The molecule has 3 heterocycles. The summed E-state index contributed by atoms with van der Waals surface area (Å²) in [7, 11) is 0. The molecular weight excluding hydrogens is 228 g/mol. The smallest absolute Gasteiger partial charge is 0.259 e. The van der Waals surface area contributed by atoms with Gasteiger partial charge >= 0.3 is 0 Å². The van der Waals surface area contributed by atoms with Crippen LogP contribution < -0.4 is 15.8 Å². The van der Waals surface area contributed by atoms with E-state index < -0.39 is 0 Å². The molecule has 0 unspecified atom stereocenters. The molecule has 1 aliphatic rings. The second-order valence-corrected chi connectivity index (χ2v) is 4.68. The standard InChI is InChI=1S/C13H16N4O/c1-10-9-16(7-5-14-10)12-8-13(18)17-6-3-2-4-11(17)15-12/h2-4,6,8,10,14H,5,7,9H2,1H3/t10-/m0/s1. The molecule has 94 valence electrons. The summed E-state index contributed by atoms with van der Waals surface area (Å²) in [4.78, 5) is 18.7. The predicted molar refractivity (Wildman–Crippen MR) is 71.1 cm³/mol. The number of anilines is 1. The van der Waals surface area contributed by atoms with Crippen molar-refractivity contribution in [1.82, 2.24) is 14.7 Å². The molecule has 2 aromatic heterocycles. The van der Waals surface area contributed by atoms with E-state index in [1.54, 1.807) is 16.7 Å². The first-order valence-corrected chi connectivity index (χ1v) is 6.21.